The van der Waals surface area contributed by atoms with Crippen molar-refractivity contribution in [3.05, 3.63) is 24.0 Å². The molecular formula is C15H21FN2O2S. The lowest BCUT2D eigenvalue weighted by atomic mass is 9.95. The van der Waals surface area contributed by atoms with E-state index in [0.717, 1.165) is 31.7 Å². The van der Waals surface area contributed by atoms with E-state index >= 15 is 0 Å². The van der Waals surface area contributed by atoms with Gasteiger partial charge in [0.1, 0.15) is 11.1 Å². The van der Waals surface area contributed by atoms with Crippen LogP contribution in [0.4, 0.5) is 10.1 Å². The largest absolute Gasteiger partial charge is 0.399 e. The standard InChI is InChI=1S/C15H21FN2O2S/c1-10(15(19)18-12-5-3-2-4-6-12)21(20)14-8-7-11(17)9-13(14)16/h7-10,12H,2-6,17H2,1H3,(H,18,19). The topological polar surface area (TPSA) is 72.2 Å². The fourth-order valence-electron chi connectivity index (χ4n) is 2.53. The monoisotopic (exact) mass is 312 g/mol. The molecule has 116 valence electrons. The van der Waals surface area contributed by atoms with Crippen molar-refractivity contribution in [1.82, 2.24) is 5.32 Å². The Labute approximate surface area is 126 Å². The van der Waals surface area contributed by atoms with Crippen molar-refractivity contribution in [3.8, 4) is 0 Å². The molecule has 2 unspecified atom stereocenters. The van der Waals surface area contributed by atoms with Gasteiger partial charge in [0.05, 0.1) is 15.7 Å². The predicted molar refractivity (Wildman–Crippen MR) is 81.7 cm³/mol. The maximum atomic E-state index is 13.8. The molecule has 1 saturated carbocycles. The number of rotatable bonds is 4. The van der Waals surface area contributed by atoms with E-state index < -0.39 is 21.9 Å². The first kappa shape index (κ1) is 15.9. The number of hydrogen-bond acceptors (Lipinski definition) is 3. The molecule has 0 saturated heterocycles. The van der Waals surface area contributed by atoms with Gasteiger partial charge < -0.3 is 11.1 Å². The maximum Gasteiger partial charge on any atom is 0.236 e. The van der Waals surface area contributed by atoms with Gasteiger partial charge >= 0.3 is 0 Å². The van der Waals surface area contributed by atoms with Crippen LogP contribution in [0.5, 0.6) is 0 Å². The minimum atomic E-state index is -1.73. The van der Waals surface area contributed by atoms with Crippen LogP contribution < -0.4 is 11.1 Å². The number of carbonyl (C=O) groups excluding carboxylic acids is 1. The summed E-state index contributed by atoms with van der Waals surface area (Å²) in [5, 5.41) is 2.13. The Balaban J connectivity index is 2.02. The average molecular weight is 312 g/mol. The molecule has 1 amide bonds. The van der Waals surface area contributed by atoms with Gasteiger partial charge in [-0.25, -0.2) is 4.39 Å². The Hall–Kier alpha value is -1.43. The van der Waals surface area contributed by atoms with Crippen LogP contribution in [0.1, 0.15) is 39.0 Å². The van der Waals surface area contributed by atoms with Crippen LogP contribution in [-0.2, 0) is 15.6 Å². The lowest BCUT2D eigenvalue weighted by molar-refractivity contribution is -0.121. The zero-order valence-corrected chi connectivity index (χ0v) is 12.9. The molecule has 1 fully saturated rings. The van der Waals surface area contributed by atoms with Crippen LogP contribution in [0.15, 0.2) is 23.1 Å². The third-order valence-electron chi connectivity index (χ3n) is 3.81. The van der Waals surface area contributed by atoms with E-state index in [-0.39, 0.29) is 22.5 Å². The van der Waals surface area contributed by atoms with E-state index in [1.807, 2.05) is 0 Å². The van der Waals surface area contributed by atoms with Gasteiger partial charge in [0, 0.05) is 11.7 Å². The number of nitrogens with one attached hydrogen (secondary N) is 1. The van der Waals surface area contributed by atoms with E-state index in [9.17, 15) is 13.4 Å². The molecule has 1 aliphatic carbocycles. The molecule has 0 aromatic heterocycles. The summed E-state index contributed by atoms with van der Waals surface area (Å²) in [4.78, 5) is 12.2. The summed E-state index contributed by atoms with van der Waals surface area (Å²) in [6, 6.07) is 4.15. The smallest absolute Gasteiger partial charge is 0.236 e. The predicted octanol–water partition coefficient (Wildman–Crippen LogP) is 2.35. The zero-order chi connectivity index (χ0) is 15.4. The van der Waals surface area contributed by atoms with Crippen molar-refractivity contribution in [2.75, 3.05) is 5.73 Å². The lowest BCUT2D eigenvalue weighted by Gasteiger charge is -2.24. The highest BCUT2D eigenvalue weighted by Gasteiger charge is 2.26. The lowest BCUT2D eigenvalue weighted by Crippen LogP contribution is -2.42. The fourth-order valence-corrected chi connectivity index (χ4v) is 3.63. The summed E-state index contributed by atoms with van der Waals surface area (Å²) >= 11 is 0. The van der Waals surface area contributed by atoms with E-state index in [1.54, 1.807) is 6.92 Å². The summed E-state index contributed by atoms with van der Waals surface area (Å²) in [5.41, 5.74) is 5.74. The normalized spacial score (nSPS) is 19.0. The molecule has 4 nitrogen and oxygen atoms in total. The summed E-state index contributed by atoms with van der Waals surface area (Å²) in [5.74, 6) is -0.915. The third-order valence-corrected chi connectivity index (χ3v) is 5.44. The van der Waals surface area contributed by atoms with Crippen molar-refractivity contribution in [2.45, 2.75) is 55.2 Å². The molecular weight excluding hydrogens is 291 g/mol. The van der Waals surface area contributed by atoms with Gasteiger partial charge in [-0.15, -0.1) is 0 Å². The number of nitrogens with two attached hydrogens (primary N) is 1. The SMILES string of the molecule is CC(C(=O)NC1CCCCC1)S(=O)c1ccc(N)cc1F. The number of anilines is 1. The first-order chi connectivity index (χ1) is 9.99. The average Bonchev–Trinajstić information content (AvgIpc) is 2.47. The van der Waals surface area contributed by atoms with Crippen molar-refractivity contribution in [1.29, 1.82) is 0 Å². The Morgan fingerprint density at radius 1 is 1.38 bits per heavy atom. The second kappa shape index (κ2) is 7.02. The van der Waals surface area contributed by atoms with Crippen molar-refractivity contribution >= 4 is 22.4 Å². The molecule has 1 aliphatic rings. The van der Waals surface area contributed by atoms with Gasteiger partial charge in [-0.05, 0) is 38.0 Å². The molecule has 3 N–H and O–H groups in total. The van der Waals surface area contributed by atoms with Gasteiger partial charge in [0.15, 0.2) is 0 Å². The van der Waals surface area contributed by atoms with E-state index in [2.05, 4.69) is 5.32 Å². The van der Waals surface area contributed by atoms with Crippen LogP contribution in [0.3, 0.4) is 0 Å². The molecule has 0 radical (unpaired) electrons. The van der Waals surface area contributed by atoms with Crippen molar-refractivity contribution in [2.24, 2.45) is 0 Å². The number of amides is 1. The van der Waals surface area contributed by atoms with Gasteiger partial charge in [0.25, 0.3) is 0 Å². The maximum absolute atomic E-state index is 13.8. The number of halogens is 1. The Bertz CT molecular complexity index is 544. The second-order valence-electron chi connectivity index (χ2n) is 5.47. The first-order valence-corrected chi connectivity index (χ1v) is 8.46. The van der Waals surface area contributed by atoms with E-state index in [1.165, 1.54) is 18.6 Å². The van der Waals surface area contributed by atoms with Crippen LogP contribution in [0.2, 0.25) is 0 Å². The Kier molecular flexibility index (Phi) is 5.33. The molecule has 1 aromatic rings. The third kappa shape index (κ3) is 4.03. The van der Waals surface area contributed by atoms with E-state index in [4.69, 9.17) is 5.73 Å². The summed E-state index contributed by atoms with van der Waals surface area (Å²) < 4.78 is 26.1. The van der Waals surface area contributed by atoms with Crippen LogP contribution >= 0.6 is 0 Å². The van der Waals surface area contributed by atoms with Gasteiger partial charge in [0.2, 0.25) is 5.91 Å². The van der Waals surface area contributed by atoms with Gasteiger partial charge in [-0.3, -0.25) is 9.00 Å². The molecule has 0 heterocycles. The summed E-state index contributed by atoms with van der Waals surface area (Å²) in [6.07, 6.45) is 5.33. The highest BCUT2D eigenvalue weighted by molar-refractivity contribution is 7.86. The molecule has 2 rings (SSSR count). The number of hydrogen-bond donors (Lipinski definition) is 2. The van der Waals surface area contributed by atoms with Crippen LogP contribution in [0.25, 0.3) is 0 Å². The number of carbonyl (C=O) groups is 1. The molecule has 1 aromatic carbocycles. The minimum Gasteiger partial charge on any atom is -0.399 e. The fraction of sp³-hybridized carbons (Fsp3) is 0.533. The summed E-state index contributed by atoms with van der Waals surface area (Å²) in [6.45, 7) is 1.56. The van der Waals surface area contributed by atoms with Gasteiger partial charge in [-0.1, -0.05) is 19.3 Å². The highest BCUT2D eigenvalue weighted by atomic mass is 32.2. The molecule has 21 heavy (non-hydrogen) atoms. The molecule has 0 spiro atoms. The van der Waals surface area contributed by atoms with Crippen molar-refractivity contribution in [3.63, 3.8) is 0 Å². The van der Waals surface area contributed by atoms with Gasteiger partial charge in [-0.2, -0.15) is 0 Å². The first-order valence-electron chi connectivity index (χ1n) is 7.25. The summed E-state index contributed by atoms with van der Waals surface area (Å²) in [7, 11) is -1.73. The molecule has 6 heteroatoms. The molecule has 0 aliphatic heterocycles. The number of benzene rings is 1. The highest BCUT2D eigenvalue weighted by Crippen LogP contribution is 2.20. The minimum absolute atomic E-state index is 0.0236. The Morgan fingerprint density at radius 3 is 2.67 bits per heavy atom. The quantitative estimate of drug-likeness (QED) is 0.838. The molecule has 0 bridgehead atoms. The van der Waals surface area contributed by atoms with Crippen molar-refractivity contribution < 1.29 is 13.4 Å². The zero-order valence-electron chi connectivity index (χ0n) is 12.1. The number of nitrogen functional groups attached to an aromatic ring is 1. The van der Waals surface area contributed by atoms with E-state index in [0.29, 0.717) is 0 Å². The molecule has 2 atom stereocenters. The van der Waals surface area contributed by atoms with Crippen LogP contribution in [-0.4, -0.2) is 21.4 Å². The van der Waals surface area contributed by atoms with Crippen LogP contribution in [0, 0.1) is 5.82 Å². The Morgan fingerprint density at radius 2 is 2.05 bits per heavy atom. The second-order valence-corrected chi connectivity index (χ2v) is 7.21.